The molecule has 116 valence electrons. The number of hydrazone groups is 1. The molecule has 3 aromatic rings. The standard InChI is InChI=1S/C16H15N5O2/c1-11(21-15-5-3-2-4-14(15)18-20-21)16(23)19-17-10-12-6-8-13(22)9-7-12/h2-11,22H,1H3,(H,19,23)/b17-10+. The van der Waals surface area contributed by atoms with Gasteiger partial charge >= 0.3 is 0 Å². The zero-order chi connectivity index (χ0) is 16.2. The fraction of sp³-hybridized carbons (Fsp3) is 0.125. The number of aromatic nitrogens is 3. The summed E-state index contributed by atoms with van der Waals surface area (Å²) in [6.07, 6.45) is 1.50. The molecule has 0 radical (unpaired) electrons. The average molecular weight is 309 g/mol. The largest absolute Gasteiger partial charge is 0.508 e. The van der Waals surface area contributed by atoms with Crippen molar-refractivity contribution in [3.8, 4) is 5.75 Å². The first-order valence-corrected chi connectivity index (χ1v) is 7.07. The molecule has 7 heteroatoms. The molecule has 0 fully saturated rings. The molecular weight excluding hydrogens is 294 g/mol. The van der Waals surface area contributed by atoms with Gasteiger partial charge < -0.3 is 5.11 Å². The summed E-state index contributed by atoms with van der Waals surface area (Å²) in [5.74, 6) is -0.117. The van der Waals surface area contributed by atoms with E-state index in [1.165, 1.54) is 6.21 Å². The highest BCUT2D eigenvalue weighted by atomic mass is 16.3. The van der Waals surface area contributed by atoms with Crippen molar-refractivity contribution in [3.05, 3.63) is 54.1 Å². The van der Waals surface area contributed by atoms with E-state index in [-0.39, 0.29) is 11.7 Å². The van der Waals surface area contributed by atoms with Crippen molar-refractivity contribution in [1.29, 1.82) is 0 Å². The van der Waals surface area contributed by atoms with Gasteiger partial charge in [0.15, 0.2) is 0 Å². The number of phenolic OH excluding ortho intramolecular Hbond substituents is 1. The number of hydrogen-bond acceptors (Lipinski definition) is 5. The van der Waals surface area contributed by atoms with Gasteiger partial charge in [-0.15, -0.1) is 5.10 Å². The Bertz CT molecular complexity index is 854. The minimum Gasteiger partial charge on any atom is -0.508 e. The van der Waals surface area contributed by atoms with Crippen LogP contribution in [0.4, 0.5) is 0 Å². The van der Waals surface area contributed by atoms with Crippen molar-refractivity contribution in [1.82, 2.24) is 20.4 Å². The van der Waals surface area contributed by atoms with E-state index in [0.29, 0.717) is 0 Å². The third kappa shape index (κ3) is 3.18. The second kappa shape index (κ2) is 6.27. The van der Waals surface area contributed by atoms with Gasteiger partial charge in [0.1, 0.15) is 17.3 Å². The minimum atomic E-state index is -0.542. The first-order chi connectivity index (χ1) is 11.1. The second-order valence-electron chi connectivity index (χ2n) is 5.02. The van der Waals surface area contributed by atoms with Crippen molar-refractivity contribution >= 4 is 23.2 Å². The van der Waals surface area contributed by atoms with E-state index in [1.807, 2.05) is 24.3 Å². The maximum Gasteiger partial charge on any atom is 0.264 e. The summed E-state index contributed by atoms with van der Waals surface area (Å²) < 4.78 is 1.56. The van der Waals surface area contributed by atoms with Crippen molar-refractivity contribution < 1.29 is 9.90 Å². The Hall–Kier alpha value is -3.22. The van der Waals surface area contributed by atoms with Gasteiger partial charge in [-0.3, -0.25) is 4.79 Å². The predicted molar refractivity (Wildman–Crippen MR) is 86.1 cm³/mol. The van der Waals surface area contributed by atoms with Gasteiger partial charge in [-0.25, -0.2) is 10.1 Å². The molecule has 1 unspecified atom stereocenters. The highest BCUT2D eigenvalue weighted by Crippen LogP contribution is 2.15. The van der Waals surface area contributed by atoms with Crippen LogP contribution in [-0.2, 0) is 4.79 Å². The Balaban J connectivity index is 1.69. The van der Waals surface area contributed by atoms with Crippen molar-refractivity contribution in [2.24, 2.45) is 5.10 Å². The summed E-state index contributed by atoms with van der Waals surface area (Å²) in [5, 5.41) is 21.2. The Kier molecular flexibility index (Phi) is 4.01. The molecule has 2 N–H and O–H groups in total. The quantitative estimate of drug-likeness (QED) is 0.568. The third-order valence-corrected chi connectivity index (χ3v) is 3.41. The van der Waals surface area contributed by atoms with E-state index >= 15 is 0 Å². The number of rotatable bonds is 4. The first-order valence-electron chi connectivity index (χ1n) is 7.07. The van der Waals surface area contributed by atoms with Gasteiger partial charge in [0.2, 0.25) is 0 Å². The Morgan fingerprint density at radius 1 is 1.26 bits per heavy atom. The van der Waals surface area contributed by atoms with Crippen LogP contribution in [0.2, 0.25) is 0 Å². The zero-order valence-corrected chi connectivity index (χ0v) is 12.4. The lowest BCUT2D eigenvalue weighted by Crippen LogP contribution is -2.28. The number of carbonyl (C=O) groups excluding carboxylic acids is 1. The number of phenols is 1. The van der Waals surface area contributed by atoms with Gasteiger partial charge in [-0.2, -0.15) is 5.10 Å². The van der Waals surface area contributed by atoms with Gasteiger partial charge in [-0.1, -0.05) is 17.3 Å². The van der Waals surface area contributed by atoms with Crippen LogP contribution >= 0.6 is 0 Å². The van der Waals surface area contributed by atoms with Crippen LogP contribution in [0.3, 0.4) is 0 Å². The van der Waals surface area contributed by atoms with E-state index in [0.717, 1.165) is 16.6 Å². The number of benzene rings is 2. The molecule has 1 amide bonds. The normalized spacial score (nSPS) is 12.6. The van der Waals surface area contributed by atoms with Crippen molar-refractivity contribution in [3.63, 3.8) is 0 Å². The number of hydrogen-bond donors (Lipinski definition) is 2. The first kappa shape index (κ1) is 14.7. The van der Waals surface area contributed by atoms with Gasteiger partial charge in [0.05, 0.1) is 11.7 Å². The van der Waals surface area contributed by atoms with Crippen LogP contribution in [0.5, 0.6) is 5.75 Å². The predicted octanol–water partition coefficient (Wildman–Crippen LogP) is 1.85. The minimum absolute atomic E-state index is 0.179. The summed E-state index contributed by atoms with van der Waals surface area (Å²) in [5.41, 5.74) is 4.77. The third-order valence-electron chi connectivity index (χ3n) is 3.41. The lowest BCUT2D eigenvalue weighted by atomic mass is 10.2. The smallest absolute Gasteiger partial charge is 0.264 e. The fourth-order valence-electron chi connectivity index (χ4n) is 2.11. The lowest BCUT2D eigenvalue weighted by molar-refractivity contribution is -0.124. The van der Waals surface area contributed by atoms with Crippen LogP contribution in [-0.4, -0.2) is 32.2 Å². The fourth-order valence-corrected chi connectivity index (χ4v) is 2.11. The summed E-state index contributed by atoms with van der Waals surface area (Å²) in [6, 6.07) is 13.4. The highest BCUT2D eigenvalue weighted by Gasteiger charge is 2.17. The molecule has 0 saturated carbocycles. The molecule has 0 aliphatic rings. The molecule has 0 bridgehead atoms. The molecule has 7 nitrogen and oxygen atoms in total. The monoisotopic (exact) mass is 309 g/mol. The average Bonchev–Trinajstić information content (AvgIpc) is 3.00. The molecule has 0 aliphatic heterocycles. The maximum absolute atomic E-state index is 12.2. The summed E-state index contributed by atoms with van der Waals surface area (Å²) in [7, 11) is 0. The number of para-hydroxylation sites is 1. The molecule has 0 saturated heterocycles. The lowest BCUT2D eigenvalue weighted by Gasteiger charge is -2.10. The van der Waals surface area contributed by atoms with Crippen molar-refractivity contribution in [2.45, 2.75) is 13.0 Å². The van der Waals surface area contributed by atoms with Gasteiger partial charge in [0.25, 0.3) is 5.91 Å². The maximum atomic E-state index is 12.2. The van der Waals surface area contributed by atoms with Crippen LogP contribution in [0.1, 0.15) is 18.5 Å². The van der Waals surface area contributed by atoms with E-state index in [9.17, 15) is 9.90 Å². The molecular formula is C16H15N5O2. The molecule has 1 aromatic heterocycles. The van der Waals surface area contributed by atoms with E-state index in [1.54, 1.807) is 35.9 Å². The number of amides is 1. The topological polar surface area (TPSA) is 92.4 Å². The SMILES string of the molecule is CC(C(=O)N/N=C/c1ccc(O)cc1)n1nnc2ccccc21. The number of nitrogens with one attached hydrogen (secondary N) is 1. The Labute approximate surface area is 132 Å². The van der Waals surface area contributed by atoms with Crippen LogP contribution in [0, 0.1) is 0 Å². The molecule has 0 aliphatic carbocycles. The van der Waals surface area contributed by atoms with Gasteiger partial charge in [-0.05, 0) is 48.9 Å². The summed E-state index contributed by atoms with van der Waals surface area (Å²) in [4.78, 5) is 12.2. The molecule has 1 atom stereocenters. The van der Waals surface area contributed by atoms with E-state index in [2.05, 4.69) is 20.8 Å². The number of fused-ring (bicyclic) bond motifs is 1. The summed E-state index contributed by atoms with van der Waals surface area (Å²) in [6.45, 7) is 1.73. The Morgan fingerprint density at radius 3 is 2.78 bits per heavy atom. The molecule has 23 heavy (non-hydrogen) atoms. The second-order valence-corrected chi connectivity index (χ2v) is 5.02. The van der Waals surface area contributed by atoms with Gasteiger partial charge in [0, 0.05) is 0 Å². The van der Waals surface area contributed by atoms with E-state index < -0.39 is 6.04 Å². The molecule has 0 spiro atoms. The van der Waals surface area contributed by atoms with Crippen molar-refractivity contribution in [2.75, 3.05) is 0 Å². The van der Waals surface area contributed by atoms with Crippen LogP contribution in [0.25, 0.3) is 11.0 Å². The van der Waals surface area contributed by atoms with Crippen LogP contribution in [0.15, 0.2) is 53.6 Å². The number of carbonyl (C=O) groups is 1. The molecule has 3 rings (SSSR count). The molecule has 2 aromatic carbocycles. The van der Waals surface area contributed by atoms with Crippen LogP contribution < -0.4 is 5.43 Å². The highest BCUT2D eigenvalue weighted by molar-refractivity contribution is 5.85. The Morgan fingerprint density at radius 2 is 2.00 bits per heavy atom. The van der Waals surface area contributed by atoms with E-state index in [4.69, 9.17) is 0 Å². The molecule has 1 heterocycles. The summed E-state index contributed by atoms with van der Waals surface area (Å²) >= 11 is 0. The zero-order valence-electron chi connectivity index (χ0n) is 12.4. The number of aromatic hydroxyl groups is 1. The number of nitrogens with zero attached hydrogens (tertiary/aromatic N) is 4.